The highest BCUT2D eigenvalue weighted by molar-refractivity contribution is 8.01. The van der Waals surface area contributed by atoms with Crippen LogP contribution >= 0.6 is 23.1 Å². The first-order valence-electron chi connectivity index (χ1n) is 10.7. The Labute approximate surface area is 192 Å². The van der Waals surface area contributed by atoms with Gasteiger partial charge in [-0.1, -0.05) is 29.2 Å². The Kier molecular flexibility index (Phi) is 5.62. The normalized spacial score (nSPS) is 27.8. The Bertz CT molecular complexity index is 1040. The fourth-order valence-corrected chi connectivity index (χ4v) is 7.51. The van der Waals surface area contributed by atoms with Crippen LogP contribution < -0.4 is 10.6 Å². The van der Waals surface area contributed by atoms with E-state index < -0.39 is 4.92 Å². The van der Waals surface area contributed by atoms with Gasteiger partial charge in [-0.25, -0.2) is 0 Å². The van der Waals surface area contributed by atoms with Gasteiger partial charge < -0.3 is 10.6 Å². The summed E-state index contributed by atoms with van der Waals surface area (Å²) >= 11 is 2.47. The van der Waals surface area contributed by atoms with Crippen molar-refractivity contribution in [2.75, 3.05) is 16.4 Å². The van der Waals surface area contributed by atoms with Crippen LogP contribution in [0, 0.1) is 33.3 Å². The van der Waals surface area contributed by atoms with E-state index in [1.54, 1.807) is 6.07 Å². The first-order chi connectivity index (χ1) is 15.4. The number of anilines is 2. The van der Waals surface area contributed by atoms with Crippen molar-refractivity contribution in [3.8, 4) is 0 Å². The number of amides is 2. The molecule has 2 amide bonds. The second kappa shape index (κ2) is 8.43. The van der Waals surface area contributed by atoms with Gasteiger partial charge in [0.2, 0.25) is 16.9 Å². The average Bonchev–Trinajstić information content (AvgIpc) is 3.19. The van der Waals surface area contributed by atoms with Crippen LogP contribution in [-0.4, -0.2) is 32.7 Å². The molecule has 6 rings (SSSR count). The van der Waals surface area contributed by atoms with E-state index >= 15 is 0 Å². The number of rotatable bonds is 7. The molecule has 4 bridgehead atoms. The minimum absolute atomic E-state index is 0.0766. The lowest BCUT2D eigenvalue weighted by Crippen LogP contribution is -2.51. The van der Waals surface area contributed by atoms with Crippen LogP contribution in [0.1, 0.15) is 38.5 Å². The first kappa shape index (κ1) is 21.3. The second-order valence-corrected chi connectivity index (χ2v) is 11.4. The lowest BCUT2D eigenvalue weighted by molar-refractivity contribution is -0.384. The van der Waals surface area contributed by atoms with E-state index in [2.05, 4.69) is 20.8 Å². The maximum absolute atomic E-state index is 13.1. The fraction of sp³-hybridized carbons (Fsp3) is 0.524. The standard InChI is InChI=1S/C21H23N5O4S2/c27-17(22-15-2-1-3-16(7-15)26(29)30)11-31-20-25-24-19(32-20)23-18(28)21-8-12-4-13(9-21)6-14(5-12)10-21/h1-3,7,12-14H,4-6,8-11H2,(H,22,27)(H,23,24,28). The molecule has 4 aliphatic carbocycles. The Hall–Kier alpha value is -2.53. The highest BCUT2D eigenvalue weighted by atomic mass is 32.2. The first-order valence-corrected chi connectivity index (χ1v) is 12.5. The molecule has 0 aliphatic heterocycles. The quantitative estimate of drug-likeness (QED) is 0.265. The van der Waals surface area contributed by atoms with Crippen LogP contribution in [0.15, 0.2) is 28.6 Å². The zero-order chi connectivity index (χ0) is 22.3. The number of non-ortho nitro benzene ring substituents is 1. The molecule has 4 fully saturated rings. The van der Waals surface area contributed by atoms with Crippen LogP contribution in [0.3, 0.4) is 0 Å². The number of nitrogens with one attached hydrogen (secondary N) is 2. The fourth-order valence-electron chi connectivity index (χ4n) is 5.96. The van der Waals surface area contributed by atoms with Crippen molar-refractivity contribution in [2.24, 2.45) is 23.2 Å². The van der Waals surface area contributed by atoms with Crippen molar-refractivity contribution in [1.29, 1.82) is 0 Å². The molecule has 0 saturated heterocycles. The SMILES string of the molecule is O=C(CSc1nnc(NC(=O)C23CC4CC(CC(C4)C2)C3)s1)Nc1cccc([N+](=O)[O-])c1. The monoisotopic (exact) mass is 473 g/mol. The van der Waals surface area contributed by atoms with Crippen molar-refractivity contribution < 1.29 is 14.5 Å². The van der Waals surface area contributed by atoms with Gasteiger partial charge in [-0.05, 0) is 62.3 Å². The molecule has 9 nitrogen and oxygen atoms in total. The number of aromatic nitrogens is 2. The molecule has 0 radical (unpaired) electrons. The second-order valence-electron chi connectivity index (χ2n) is 9.17. The molecular weight excluding hydrogens is 450 g/mol. The lowest BCUT2D eigenvalue weighted by Gasteiger charge is -2.55. The summed E-state index contributed by atoms with van der Waals surface area (Å²) in [4.78, 5) is 35.7. The molecule has 2 aromatic rings. The molecule has 0 unspecified atom stereocenters. The van der Waals surface area contributed by atoms with E-state index in [0.717, 1.165) is 19.3 Å². The molecule has 0 atom stereocenters. The van der Waals surface area contributed by atoms with Crippen molar-refractivity contribution in [3.63, 3.8) is 0 Å². The summed E-state index contributed by atoms with van der Waals surface area (Å²) < 4.78 is 0.583. The van der Waals surface area contributed by atoms with Gasteiger partial charge in [0.1, 0.15) is 0 Å². The minimum atomic E-state index is -0.509. The number of nitrogens with zero attached hydrogens (tertiary/aromatic N) is 3. The maximum atomic E-state index is 13.1. The highest BCUT2D eigenvalue weighted by Crippen LogP contribution is 2.60. The van der Waals surface area contributed by atoms with E-state index in [-0.39, 0.29) is 28.7 Å². The lowest BCUT2D eigenvalue weighted by atomic mass is 9.49. The van der Waals surface area contributed by atoms with Gasteiger partial charge in [0.25, 0.3) is 5.69 Å². The molecule has 2 N–H and O–H groups in total. The third-order valence-corrected chi connectivity index (χ3v) is 8.79. The number of carbonyl (C=O) groups is 2. The van der Waals surface area contributed by atoms with Gasteiger partial charge in [-0.3, -0.25) is 19.7 Å². The Morgan fingerprint density at radius 1 is 1.12 bits per heavy atom. The van der Waals surface area contributed by atoms with Gasteiger partial charge in [0.05, 0.1) is 16.1 Å². The Morgan fingerprint density at radius 3 is 2.47 bits per heavy atom. The van der Waals surface area contributed by atoms with E-state index in [9.17, 15) is 19.7 Å². The summed E-state index contributed by atoms with van der Waals surface area (Å²) in [6.07, 6.45) is 6.81. The summed E-state index contributed by atoms with van der Waals surface area (Å²) in [6, 6.07) is 5.79. The number of thioether (sulfide) groups is 1. The number of hydrogen-bond donors (Lipinski definition) is 2. The number of nitro groups is 1. The molecule has 32 heavy (non-hydrogen) atoms. The Balaban J connectivity index is 1.14. The maximum Gasteiger partial charge on any atom is 0.271 e. The van der Waals surface area contributed by atoms with Crippen molar-refractivity contribution in [2.45, 2.75) is 42.9 Å². The zero-order valence-electron chi connectivity index (χ0n) is 17.3. The van der Waals surface area contributed by atoms with Gasteiger partial charge in [-0.2, -0.15) is 0 Å². The summed E-state index contributed by atoms with van der Waals surface area (Å²) in [6.45, 7) is 0. The van der Waals surface area contributed by atoms with Crippen molar-refractivity contribution >= 4 is 51.4 Å². The molecule has 168 valence electrons. The van der Waals surface area contributed by atoms with Crippen LogP contribution in [0.2, 0.25) is 0 Å². The third kappa shape index (κ3) is 4.36. The van der Waals surface area contributed by atoms with Gasteiger partial charge in [0, 0.05) is 17.8 Å². The predicted octanol–water partition coefficient (Wildman–Crippen LogP) is 4.33. The summed E-state index contributed by atoms with van der Waals surface area (Å²) in [7, 11) is 0. The van der Waals surface area contributed by atoms with E-state index in [4.69, 9.17) is 0 Å². The Morgan fingerprint density at radius 2 is 1.81 bits per heavy atom. The highest BCUT2D eigenvalue weighted by Gasteiger charge is 2.54. The summed E-state index contributed by atoms with van der Waals surface area (Å²) in [5, 5.41) is 25.1. The molecule has 0 spiro atoms. The van der Waals surface area contributed by atoms with E-state index in [0.29, 0.717) is 32.9 Å². The van der Waals surface area contributed by atoms with Gasteiger partial charge in [-0.15, -0.1) is 10.2 Å². The largest absolute Gasteiger partial charge is 0.325 e. The van der Waals surface area contributed by atoms with Crippen LogP contribution in [-0.2, 0) is 9.59 Å². The van der Waals surface area contributed by atoms with Crippen molar-refractivity contribution in [1.82, 2.24) is 10.2 Å². The molecule has 4 saturated carbocycles. The van der Waals surface area contributed by atoms with Crippen molar-refractivity contribution in [3.05, 3.63) is 34.4 Å². The molecule has 4 aliphatic rings. The van der Waals surface area contributed by atoms with Crippen LogP contribution in [0.4, 0.5) is 16.5 Å². The topological polar surface area (TPSA) is 127 Å². The summed E-state index contributed by atoms with van der Waals surface area (Å²) in [5.74, 6) is 1.93. The molecule has 1 aromatic carbocycles. The minimum Gasteiger partial charge on any atom is -0.325 e. The smallest absolute Gasteiger partial charge is 0.271 e. The molecular formula is C21H23N5O4S2. The summed E-state index contributed by atoms with van der Waals surface area (Å²) in [5.41, 5.74) is 0.0379. The third-order valence-electron chi connectivity index (χ3n) is 6.81. The zero-order valence-corrected chi connectivity index (χ0v) is 18.9. The average molecular weight is 474 g/mol. The van der Waals surface area contributed by atoms with E-state index in [1.807, 2.05) is 0 Å². The van der Waals surface area contributed by atoms with E-state index in [1.165, 1.54) is 60.6 Å². The number of nitro benzene ring substituents is 1. The molecule has 1 heterocycles. The van der Waals surface area contributed by atoms with Crippen LogP contribution in [0.25, 0.3) is 0 Å². The number of benzene rings is 1. The molecule has 11 heteroatoms. The number of hydrogen-bond acceptors (Lipinski definition) is 8. The number of carbonyl (C=O) groups excluding carboxylic acids is 2. The molecule has 1 aromatic heterocycles. The predicted molar refractivity (Wildman–Crippen MR) is 122 cm³/mol. The van der Waals surface area contributed by atoms with Crippen LogP contribution in [0.5, 0.6) is 0 Å². The van der Waals surface area contributed by atoms with Gasteiger partial charge >= 0.3 is 0 Å². The van der Waals surface area contributed by atoms with Gasteiger partial charge in [0.15, 0.2) is 4.34 Å².